The van der Waals surface area contributed by atoms with E-state index in [4.69, 9.17) is 5.11 Å². The van der Waals surface area contributed by atoms with Crippen LogP contribution in [0.3, 0.4) is 0 Å². The number of fused-ring (bicyclic) bond motifs is 1. The van der Waals surface area contributed by atoms with Gasteiger partial charge in [0.05, 0.1) is 0 Å². The van der Waals surface area contributed by atoms with Gasteiger partial charge in [0.25, 0.3) is 0 Å². The lowest BCUT2D eigenvalue weighted by atomic mass is 10.1. The monoisotopic (exact) mass is 269 g/mol. The van der Waals surface area contributed by atoms with Crippen molar-refractivity contribution in [1.29, 1.82) is 0 Å². The molecular formula is C16H15NO3. The standard InChI is InChI=1S/C16H15NO3/c18-15-6-5-11(7-14(15)16(19)20)8-17-9-12-3-1-2-4-13(12)10-17/h1-7,18H,8-10H2,(H,19,20). The van der Waals surface area contributed by atoms with Gasteiger partial charge in [0.1, 0.15) is 11.3 Å². The Labute approximate surface area is 116 Å². The number of phenols is 1. The van der Waals surface area contributed by atoms with Gasteiger partial charge >= 0.3 is 5.97 Å². The molecule has 0 radical (unpaired) electrons. The summed E-state index contributed by atoms with van der Waals surface area (Å²) in [5.41, 5.74) is 3.50. The summed E-state index contributed by atoms with van der Waals surface area (Å²) in [5.74, 6) is -1.29. The van der Waals surface area contributed by atoms with Crippen molar-refractivity contribution in [1.82, 2.24) is 4.90 Å². The second kappa shape index (κ2) is 4.98. The zero-order valence-electron chi connectivity index (χ0n) is 10.9. The molecule has 1 aliphatic heterocycles. The lowest BCUT2D eigenvalue weighted by Crippen LogP contribution is -2.16. The fourth-order valence-corrected chi connectivity index (χ4v) is 2.63. The Morgan fingerprint density at radius 3 is 2.35 bits per heavy atom. The van der Waals surface area contributed by atoms with E-state index in [2.05, 4.69) is 17.0 Å². The summed E-state index contributed by atoms with van der Waals surface area (Å²) in [6.45, 7) is 2.42. The van der Waals surface area contributed by atoms with E-state index in [1.807, 2.05) is 12.1 Å². The second-order valence-electron chi connectivity index (χ2n) is 5.07. The third kappa shape index (κ3) is 2.38. The van der Waals surface area contributed by atoms with Crippen LogP contribution in [0.2, 0.25) is 0 Å². The lowest BCUT2D eigenvalue weighted by Gasteiger charge is -2.15. The number of carboxylic acids is 1. The maximum absolute atomic E-state index is 11.0. The SMILES string of the molecule is O=C(O)c1cc(CN2Cc3ccccc3C2)ccc1O. The first-order valence-electron chi connectivity index (χ1n) is 6.48. The van der Waals surface area contributed by atoms with Crippen LogP contribution in [-0.2, 0) is 19.6 Å². The molecule has 2 N–H and O–H groups in total. The van der Waals surface area contributed by atoms with Crippen LogP contribution >= 0.6 is 0 Å². The fourth-order valence-electron chi connectivity index (χ4n) is 2.63. The summed E-state index contributed by atoms with van der Waals surface area (Å²) >= 11 is 0. The summed E-state index contributed by atoms with van der Waals surface area (Å²) in [7, 11) is 0. The van der Waals surface area contributed by atoms with Gasteiger partial charge in [-0.1, -0.05) is 30.3 Å². The van der Waals surface area contributed by atoms with Crippen LogP contribution in [0.1, 0.15) is 27.0 Å². The summed E-state index contributed by atoms with van der Waals surface area (Å²) in [4.78, 5) is 13.3. The quantitative estimate of drug-likeness (QED) is 0.899. The number of hydrogen-bond acceptors (Lipinski definition) is 3. The van der Waals surface area contributed by atoms with E-state index in [1.165, 1.54) is 17.2 Å². The van der Waals surface area contributed by atoms with E-state index >= 15 is 0 Å². The molecule has 0 bridgehead atoms. The molecule has 0 aliphatic carbocycles. The van der Waals surface area contributed by atoms with Gasteiger partial charge in [0.2, 0.25) is 0 Å². The Kier molecular flexibility index (Phi) is 3.16. The minimum absolute atomic E-state index is 0.0424. The van der Waals surface area contributed by atoms with Crippen LogP contribution in [0, 0.1) is 0 Å². The molecule has 1 heterocycles. The molecule has 0 spiro atoms. The highest BCUT2D eigenvalue weighted by Crippen LogP contribution is 2.25. The molecule has 2 aromatic carbocycles. The molecule has 4 heteroatoms. The average molecular weight is 269 g/mol. The molecule has 0 atom stereocenters. The van der Waals surface area contributed by atoms with E-state index in [0.717, 1.165) is 18.7 Å². The summed E-state index contributed by atoms with van der Waals surface area (Å²) in [5, 5.41) is 18.5. The molecule has 0 saturated carbocycles. The van der Waals surface area contributed by atoms with Gasteiger partial charge in [0.15, 0.2) is 0 Å². The van der Waals surface area contributed by atoms with E-state index in [0.29, 0.717) is 6.54 Å². The molecule has 102 valence electrons. The number of benzene rings is 2. The predicted octanol–water partition coefficient (Wildman–Crippen LogP) is 2.61. The Balaban J connectivity index is 1.77. The van der Waals surface area contributed by atoms with Gasteiger partial charge in [-0.05, 0) is 28.8 Å². The normalized spacial score (nSPS) is 14.2. The van der Waals surface area contributed by atoms with E-state index < -0.39 is 5.97 Å². The van der Waals surface area contributed by atoms with Gasteiger partial charge in [-0.25, -0.2) is 4.79 Å². The van der Waals surface area contributed by atoms with Crippen molar-refractivity contribution >= 4 is 5.97 Å². The number of nitrogens with zero attached hydrogens (tertiary/aromatic N) is 1. The number of carbonyl (C=O) groups is 1. The molecule has 0 aromatic heterocycles. The van der Waals surface area contributed by atoms with E-state index in [-0.39, 0.29) is 11.3 Å². The average Bonchev–Trinajstić information content (AvgIpc) is 2.82. The van der Waals surface area contributed by atoms with Gasteiger partial charge in [0, 0.05) is 19.6 Å². The van der Waals surface area contributed by atoms with Gasteiger partial charge in [-0.15, -0.1) is 0 Å². The van der Waals surface area contributed by atoms with Crippen molar-refractivity contribution in [3.8, 4) is 5.75 Å². The van der Waals surface area contributed by atoms with Crippen LogP contribution < -0.4 is 0 Å². The van der Waals surface area contributed by atoms with Gasteiger partial charge in [-0.2, -0.15) is 0 Å². The first-order valence-corrected chi connectivity index (χ1v) is 6.48. The highest BCUT2D eigenvalue weighted by Gasteiger charge is 2.19. The van der Waals surface area contributed by atoms with Gasteiger partial charge < -0.3 is 10.2 Å². The van der Waals surface area contributed by atoms with E-state index in [1.54, 1.807) is 12.1 Å². The van der Waals surface area contributed by atoms with E-state index in [9.17, 15) is 9.90 Å². The molecule has 4 nitrogen and oxygen atoms in total. The first-order chi connectivity index (χ1) is 9.63. The van der Waals surface area contributed by atoms with Crippen LogP contribution in [0.4, 0.5) is 0 Å². The molecule has 2 aromatic rings. The fraction of sp³-hybridized carbons (Fsp3) is 0.188. The number of aromatic carboxylic acids is 1. The molecule has 1 aliphatic rings. The number of aromatic hydroxyl groups is 1. The molecule has 20 heavy (non-hydrogen) atoms. The highest BCUT2D eigenvalue weighted by molar-refractivity contribution is 5.90. The maximum Gasteiger partial charge on any atom is 0.339 e. The summed E-state index contributed by atoms with van der Waals surface area (Å²) in [6, 6.07) is 13.1. The first kappa shape index (κ1) is 12.7. The minimum Gasteiger partial charge on any atom is -0.507 e. The van der Waals surface area contributed by atoms with Crippen molar-refractivity contribution in [3.63, 3.8) is 0 Å². The molecule has 0 amide bonds. The third-order valence-corrected chi connectivity index (χ3v) is 3.60. The largest absolute Gasteiger partial charge is 0.507 e. The highest BCUT2D eigenvalue weighted by atomic mass is 16.4. The number of hydrogen-bond donors (Lipinski definition) is 2. The Bertz CT molecular complexity index is 642. The molecule has 3 rings (SSSR count). The summed E-state index contributed by atoms with van der Waals surface area (Å²) < 4.78 is 0. The Morgan fingerprint density at radius 1 is 1.10 bits per heavy atom. The van der Waals surface area contributed by atoms with Crippen molar-refractivity contribution in [2.75, 3.05) is 0 Å². The minimum atomic E-state index is -1.10. The van der Waals surface area contributed by atoms with Crippen molar-refractivity contribution in [3.05, 3.63) is 64.7 Å². The Hall–Kier alpha value is -2.33. The maximum atomic E-state index is 11.0. The van der Waals surface area contributed by atoms with Crippen LogP contribution in [0.5, 0.6) is 5.75 Å². The third-order valence-electron chi connectivity index (χ3n) is 3.60. The van der Waals surface area contributed by atoms with Gasteiger partial charge in [-0.3, -0.25) is 4.90 Å². The zero-order valence-corrected chi connectivity index (χ0v) is 10.9. The Morgan fingerprint density at radius 2 is 1.75 bits per heavy atom. The van der Waals surface area contributed by atoms with Crippen molar-refractivity contribution < 1.29 is 15.0 Å². The smallest absolute Gasteiger partial charge is 0.339 e. The number of carboxylic acid groups (broad SMARTS) is 1. The molecule has 0 fully saturated rings. The van der Waals surface area contributed by atoms with Crippen LogP contribution in [0.25, 0.3) is 0 Å². The predicted molar refractivity (Wildman–Crippen MR) is 74.5 cm³/mol. The topological polar surface area (TPSA) is 60.8 Å². The molecular weight excluding hydrogens is 254 g/mol. The molecule has 0 saturated heterocycles. The lowest BCUT2D eigenvalue weighted by molar-refractivity contribution is 0.0693. The summed E-state index contributed by atoms with van der Waals surface area (Å²) in [6.07, 6.45) is 0. The molecule has 0 unspecified atom stereocenters. The second-order valence-corrected chi connectivity index (χ2v) is 5.07. The van der Waals surface area contributed by atoms with Crippen molar-refractivity contribution in [2.45, 2.75) is 19.6 Å². The van der Waals surface area contributed by atoms with Crippen LogP contribution in [0.15, 0.2) is 42.5 Å². The van der Waals surface area contributed by atoms with Crippen molar-refractivity contribution in [2.24, 2.45) is 0 Å². The zero-order chi connectivity index (χ0) is 14.1. The number of rotatable bonds is 3. The van der Waals surface area contributed by atoms with Crippen LogP contribution in [-0.4, -0.2) is 21.1 Å².